The number of aryl methyl sites for hydroxylation is 1. The molecule has 1 saturated heterocycles. The predicted molar refractivity (Wildman–Crippen MR) is 99.2 cm³/mol. The molecule has 1 aromatic carbocycles. The zero-order valence-electron chi connectivity index (χ0n) is 15.3. The van der Waals surface area contributed by atoms with E-state index in [1.807, 2.05) is 11.0 Å². The maximum Gasteiger partial charge on any atom is 0.289 e. The summed E-state index contributed by atoms with van der Waals surface area (Å²) >= 11 is 0. The normalized spacial score (nSPS) is 20.8. The molecule has 2 aromatic rings. The van der Waals surface area contributed by atoms with Gasteiger partial charge in [0.2, 0.25) is 0 Å². The van der Waals surface area contributed by atoms with Gasteiger partial charge in [0.25, 0.3) is 5.91 Å². The topological polar surface area (TPSA) is 45.9 Å². The van der Waals surface area contributed by atoms with Crippen LogP contribution in [0.1, 0.15) is 33.9 Å². The van der Waals surface area contributed by atoms with Crippen molar-refractivity contribution in [3.05, 3.63) is 59.0 Å². The Bertz CT molecular complexity index is 762. The van der Waals surface area contributed by atoms with Crippen LogP contribution in [0.4, 0.5) is 0 Å². The summed E-state index contributed by atoms with van der Waals surface area (Å²) in [5.41, 5.74) is 2.99. The summed E-state index contributed by atoms with van der Waals surface area (Å²) in [5, 5.41) is 0. The molecule has 4 rings (SSSR count). The average molecular weight is 354 g/mol. The lowest BCUT2D eigenvalue weighted by Gasteiger charge is -2.40. The Morgan fingerprint density at radius 1 is 1.12 bits per heavy atom. The maximum atomic E-state index is 12.6. The Morgan fingerprint density at radius 3 is 2.65 bits per heavy atom. The quantitative estimate of drug-likeness (QED) is 0.847. The van der Waals surface area contributed by atoms with Gasteiger partial charge in [-0.25, -0.2) is 0 Å². The first-order chi connectivity index (χ1) is 12.7. The van der Waals surface area contributed by atoms with Crippen molar-refractivity contribution < 1.29 is 13.9 Å². The van der Waals surface area contributed by atoms with Crippen molar-refractivity contribution >= 4 is 5.91 Å². The van der Waals surface area contributed by atoms with E-state index < -0.39 is 0 Å². The SMILES string of the molecule is COCc1ccc(C(=O)N2CCN([C@H]3CCc4ccccc4C3)CC2)o1. The van der Waals surface area contributed by atoms with Crippen LogP contribution in [0.5, 0.6) is 0 Å². The average Bonchev–Trinajstić information content (AvgIpc) is 3.16. The van der Waals surface area contributed by atoms with Crippen LogP contribution >= 0.6 is 0 Å². The molecule has 5 nitrogen and oxygen atoms in total. The van der Waals surface area contributed by atoms with E-state index in [0.29, 0.717) is 24.2 Å². The highest BCUT2D eigenvalue weighted by atomic mass is 16.5. The van der Waals surface area contributed by atoms with Gasteiger partial charge in [0.05, 0.1) is 0 Å². The van der Waals surface area contributed by atoms with Gasteiger partial charge in [0.15, 0.2) is 5.76 Å². The monoisotopic (exact) mass is 354 g/mol. The summed E-state index contributed by atoms with van der Waals surface area (Å²) in [6.07, 6.45) is 3.50. The minimum atomic E-state index is -0.0130. The largest absolute Gasteiger partial charge is 0.453 e. The summed E-state index contributed by atoms with van der Waals surface area (Å²) < 4.78 is 10.6. The number of rotatable bonds is 4. The van der Waals surface area contributed by atoms with Crippen LogP contribution in [0, 0.1) is 0 Å². The standard InChI is InChI=1S/C21H26N2O3/c1-25-15-19-8-9-20(26-19)21(24)23-12-10-22(11-13-23)18-7-6-16-4-2-3-5-17(16)14-18/h2-5,8-9,18H,6-7,10-15H2,1H3/t18-/m0/s1. The third kappa shape index (κ3) is 3.55. The second-order valence-corrected chi connectivity index (χ2v) is 7.19. The number of nitrogens with zero attached hydrogens (tertiary/aromatic N) is 2. The molecule has 26 heavy (non-hydrogen) atoms. The molecule has 0 spiro atoms. The van der Waals surface area contributed by atoms with Gasteiger partial charge in [0, 0.05) is 39.3 Å². The van der Waals surface area contributed by atoms with E-state index in [9.17, 15) is 4.79 Å². The van der Waals surface area contributed by atoms with E-state index in [1.165, 1.54) is 17.5 Å². The lowest BCUT2D eigenvalue weighted by Crippen LogP contribution is -2.53. The fourth-order valence-electron chi connectivity index (χ4n) is 4.15. The van der Waals surface area contributed by atoms with Gasteiger partial charge < -0.3 is 14.1 Å². The molecule has 0 saturated carbocycles. The van der Waals surface area contributed by atoms with Gasteiger partial charge in [-0.2, -0.15) is 0 Å². The van der Waals surface area contributed by atoms with E-state index in [0.717, 1.165) is 39.0 Å². The van der Waals surface area contributed by atoms with E-state index in [2.05, 4.69) is 29.2 Å². The van der Waals surface area contributed by atoms with Crippen molar-refractivity contribution in [2.24, 2.45) is 0 Å². The zero-order valence-corrected chi connectivity index (χ0v) is 15.3. The van der Waals surface area contributed by atoms with Gasteiger partial charge in [-0.1, -0.05) is 24.3 Å². The lowest BCUT2D eigenvalue weighted by molar-refractivity contribution is 0.0520. The van der Waals surface area contributed by atoms with Crippen molar-refractivity contribution in [1.29, 1.82) is 0 Å². The maximum absolute atomic E-state index is 12.6. The van der Waals surface area contributed by atoms with Crippen LogP contribution < -0.4 is 0 Å². The molecule has 1 aliphatic heterocycles. The van der Waals surface area contributed by atoms with Crippen molar-refractivity contribution in [3.8, 4) is 0 Å². The van der Waals surface area contributed by atoms with Crippen LogP contribution in [-0.2, 0) is 24.2 Å². The minimum Gasteiger partial charge on any atom is -0.453 e. The van der Waals surface area contributed by atoms with Gasteiger partial charge in [-0.05, 0) is 42.5 Å². The van der Waals surface area contributed by atoms with Crippen LogP contribution in [0.25, 0.3) is 0 Å². The molecular weight excluding hydrogens is 328 g/mol. The third-order valence-electron chi connectivity index (χ3n) is 5.60. The number of methoxy groups -OCH3 is 1. The Morgan fingerprint density at radius 2 is 1.88 bits per heavy atom. The van der Waals surface area contributed by atoms with E-state index in [1.54, 1.807) is 13.2 Å². The van der Waals surface area contributed by atoms with Gasteiger partial charge in [-0.15, -0.1) is 0 Å². The lowest BCUT2D eigenvalue weighted by atomic mass is 9.87. The molecule has 138 valence electrons. The summed E-state index contributed by atoms with van der Waals surface area (Å²) in [5.74, 6) is 1.09. The van der Waals surface area contributed by atoms with Crippen molar-refractivity contribution in [3.63, 3.8) is 0 Å². The smallest absolute Gasteiger partial charge is 0.289 e. The number of benzene rings is 1. The van der Waals surface area contributed by atoms with Crippen LogP contribution in [0.15, 0.2) is 40.8 Å². The zero-order chi connectivity index (χ0) is 17.9. The number of furan rings is 1. The minimum absolute atomic E-state index is 0.0130. The Balaban J connectivity index is 1.33. The second-order valence-electron chi connectivity index (χ2n) is 7.19. The Labute approximate surface area is 154 Å². The molecular formula is C21H26N2O3. The van der Waals surface area contributed by atoms with Crippen LogP contribution in [0.3, 0.4) is 0 Å². The van der Waals surface area contributed by atoms with Crippen LogP contribution in [-0.4, -0.2) is 55.0 Å². The van der Waals surface area contributed by atoms with Crippen molar-refractivity contribution in [2.75, 3.05) is 33.3 Å². The number of hydrogen-bond acceptors (Lipinski definition) is 4. The fraction of sp³-hybridized carbons (Fsp3) is 0.476. The number of ether oxygens (including phenoxy) is 1. The first-order valence-electron chi connectivity index (χ1n) is 9.42. The number of piperazine rings is 1. The summed E-state index contributed by atoms with van der Waals surface area (Å²) in [6.45, 7) is 3.78. The first kappa shape index (κ1) is 17.3. The fourth-order valence-corrected chi connectivity index (χ4v) is 4.15. The molecule has 1 aromatic heterocycles. The van der Waals surface area contributed by atoms with E-state index in [-0.39, 0.29) is 5.91 Å². The predicted octanol–water partition coefficient (Wildman–Crippen LogP) is 2.74. The summed E-state index contributed by atoms with van der Waals surface area (Å²) in [6, 6.07) is 12.9. The van der Waals surface area contributed by atoms with Crippen molar-refractivity contribution in [1.82, 2.24) is 9.80 Å². The van der Waals surface area contributed by atoms with Gasteiger partial charge in [-0.3, -0.25) is 9.69 Å². The Hall–Kier alpha value is -2.11. The molecule has 2 heterocycles. The van der Waals surface area contributed by atoms with Crippen LogP contribution in [0.2, 0.25) is 0 Å². The molecule has 1 amide bonds. The molecule has 1 aliphatic carbocycles. The first-order valence-corrected chi connectivity index (χ1v) is 9.42. The van der Waals surface area contributed by atoms with Gasteiger partial charge >= 0.3 is 0 Å². The Kier molecular flexibility index (Phi) is 5.09. The highest BCUT2D eigenvalue weighted by Crippen LogP contribution is 2.25. The molecule has 0 bridgehead atoms. The molecule has 0 unspecified atom stereocenters. The molecule has 0 N–H and O–H groups in total. The van der Waals surface area contributed by atoms with E-state index >= 15 is 0 Å². The van der Waals surface area contributed by atoms with E-state index in [4.69, 9.17) is 9.15 Å². The van der Waals surface area contributed by atoms with Gasteiger partial charge in [0.1, 0.15) is 12.4 Å². The number of hydrogen-bond donors (Lipinski definition) is 0. The number of carbonyl (C=O) groups excluding carboxylic acids is 1. The highest BCUT2D eigenvalue weighted by molar-refractivity contribution is 5.91. The molecule has 5 heteroatoms. The summed E-state index contributed by atoms with van der Waals surface area (Å²) in [7, 11) is 1.62. The number of amides is 1. The third-order valence-corrected chi connectivity index (χ3v) is 5.60. The second kappa shape index (κ2) is 7.64. The molecule has 1 fully saturated rings. The molecule has 1 atom stereocenters. The molecule has 2 aliphatic rings. The summed E-state index contributed by atoms with van der Waals surface area (Å²) in [4.78, 5) is 17.1. The van der Waals surface area contributed by atoms with Crippen molar-refractivity contribution in [2.45, 2.75) is 31.9 Å². The highest BCUT2D eigenvalue weighted by Gasteiger charge is 2.29. The number of fused-ring (bicyclic) bond motifs is 1. The number of carbonyl (C=O) groups is 1. The molecule has 0 radical (unpaired) electrons.